The van der Waals surface area contributed by atoms with E-state index < -0.39 is 17.8 Å². The normalized spacial score (nSPS) is 12.0. The van der Waals surface area contributed by atoms with Crippen molar-refractivity contribution in [3.05, 3.63) is 57.1 Å². The molecule has 1 heterocycles. The Morgan fingerprint density at radius 3 is 2.50 bits per heavy atom. The number of aromatic nitrogens is 1. The number of aromatic amines is 1. The number of hydrogen-bond acceptors (Lipinski definition) is 2. The summed E-state index contributed by atoms with van der Waals surface area (Å²) in [5.74, 6) is -1.18. The maximum Gasteiger partial charge on any atom is 0.268 e. The third-order valence-electron chi connectivity index (χ3n) is 3.19. The number of carbonyl (C=O) groups is 2. The molecular formula is C15H13Cl2FN2O2. The van der Waals surface area contributed by atoms with Crippen molar-refractivity contribution in [2.45, 2.75) is 19.9 Å². The number of Topliss-reactive ketones (excluding diaryl/α,β-unsaturated/α-hetero) is 1. The Balaban J connectivity index is 2.17. The Hall–Kier alpha value is -1.85. The summed E-state index contributed by atoms with van der Waals surface area (Å²) in [6, 6.07) is 3.40. The second-order valence-electron chi connectivity index (χ2n) is 4.84. The van der Waals surface area contributed by atoms with Gasteiger partial charge in [0.2, 0.25) is 0 Å². The smallest absolute Gasteiger partial charge is 0.268 e. The van der Waals surface area contributed by atoms with E-state index >= 15 is 0 Å². The standard InChI is InChI=1S/C15H13Cl2FN2O2/c1-7(10-4-13(18)12(17)5-11(10)16)20-15(22)14-3-9(6-19-14)8(2)21/h3-7,19H,1-2H3,(H,20,22)/t7-/m1/s1. The fourth-order valence-corrected chi connectivity index (χ4v) is 2.50. The average molecular weight is 343 g/mol. The van der Waals surface area contributed by atoms with Crippen molar-refractivity contribution in [1.29, 1.82) is 0 Å². The van der Waals surface area contributed by atoms with Crippen LogP contribution in [0.25, 0.3) is 0 Å². The first kappa shape index (κ1) is 16.5. The molecule has 1 amide bonds. The monoisotopic (exact) mass is 342 g/mol. The molecule has 0 saturated heterocycles. The van der Waals surface area contributed by atoms with Gasteiger partial charge in [0, 0.05) is 16.8 Å². The maximum absolute atomic E-state index is 13.5. The van der Waals surface area contributed by atoms with Gasteiger partial charge in [0.1, 0.15) is 11.5 Å². The lowest BCUT2D eigenvalue weighted by Gasteiger charge is -2.16. The largest absolute Gasteiger partial charge is 0.356 e. The maximum atomic E-state index is 13.5. The van der Waals surface area contributed by atoms with E-state index in [2.05, 4.69) is 10.3 Å². The molecule has 0 aliphatic rings. The number of hydrogen-bond donors (Lipinski definition) is 2. The van der Waals surface area contributed by atoms with Gasteiger partial charge in [0.25, 0.3) is 5.91 Å². The van der Waals surface area contributed by atoms with Gasteiger partial charge in [-0.3, -0.25) is 9.59 Å². The first-order valence-electron chi connectivity index (χ1n) is 6.44. The first-order valence-corrected chi connectivity index (χ1v) is 7.20. The minimum absolute atomic E-state index is 0.0808. The summed E-state index contributed by atoms with van der Waals surface area (Å²) < 4.78 is 13.5. The highest BCUT2D eigenvalue weighted by Crippen LogP contribution is 2.28. The van der Waals surface area contributed by atoms with Crippen LogP contribution in [-0.2, 0) is 0 Å². The second-order valence-corrected chi connectivity index (χ2v) is 5.66. The first-order chi connectivity index (χ1) is 10.3. The Morgan fingerprint density at radius 2 is 1.91 bits per heavy atom. The van der Waals surface area contributed by atoms with Crippen molar-refractivity contribution in [2.24, 2.45) is 0 Å². The molecule has 2 rings (SSSR count). The van der Waals surface area contributed by atoms with E-state index in [1.54, 1.807) is 6.92 Å². The summed E-state index contributed by atoms with van der Waals surface area (Å²) >= 11 is 11.7. The zero-order chi connectivity index (χ0) is 16.4. The number of nitrogens with one attached hydrogen (secondary N) is 2. The predicted octanol–water partition coefficient (Wildman–Crippen LogP) is 4.15. The molecule has 0 spiro atoms. The molecule has 4 nitrogen and oxygen atoms in total. The molecular weight excluding hydrogens is 330 g/mol. The van der Waals surface area contributed by atoms with Crippen LogP contribution in [0, 0.1) is 5.82 Å². The zero-order valence-corrected chi connectivity index (χ0v) is 13.3. The van der Waals surface area contributed by atoms with Gasteiger partial charge < -0.3 is 10.3 Å². The number of benzene rings is 1. The van der Waals surface area contributed by atoms with Crippen LogP contribution < -0.4 is 5.32 Å². The van der Waals surface area contributed by atoms with Crippen molar-refractivity contribution in [3.63, 3.8) is 0 Å². The summed E-state index contributed by atoms with van der Waals surface area (Å²) in [6.45, 7) is 3.07. The molecule has 0 bridgehead atoms. The molecule has 0 aliphatic heterocycles. The molecule has 1 aromatic heterocycles. The number of halogens is 3. The molecule has 0 saturated carbocycles. The van der Waals surface area contributed by atoms with Crippen molar-refractivity contribution in [3.8, 4) is 0 Å². The minimum Gasteiger partial charge on any atom is -0.356 e. The van der Waals surface area contributed by atoms with E-state index in [0.29, 0.717) is 11.1 Å². The van der Waals surface area contributed by atoms with Crippen molar-refractivity contribution >= 4 is 34.9 Å². The Kier molecular flexibility index (Phi) is 4.88. The van der Waals surface area contributed by atoms with E-state index in [-0.39, 0.29) is 21.5 Å². The van der Waals surface area contributed by atoms with Gasteiger partial charge in [-0.05, 0) is 37.6 Å². The summed E-state index contributed by atoms with van der Waals surface area (Å²) in [6.07, 6.45) is 1.46. The van der Waals surface area contributed by atoms with Crippen LogP contribution in [0.5, 0.6) is 0 Å². The van der Waals surface area contributed by atoms with E-state index in [1.807, 2.05) is 0 Å². The van der Waals surface area contributed by atoms with Crippen LogP contribution in [0.1, 0.15) is 46.3 Å². The molecule has 0 unspecified atom stereocenters. The highest BCUT2D eigenvalue weighted by atomic mass is 35.5. The van der Waals surface area contributed by atoms with Crippen LogP contribution in [0.3, 0.4) is 0 Å². The number of rotatable bonds is 4. The van der Waals surface area contributed by atoms with Crippen LogP contribution >= 0.6 is 23.2 Å². The third kappa shape index (κ3) is 3.48. The SMILES string of the molecule is CC(=O)c1c[nH]c(C(=O)N[C@H](C)c2cc(F)c(Cl)cc2Cl)c1. The number of carbonyl (C=O) groups excluding carboxylic acids is 2. The van der Waals surface area contributed by atoms with E-state index in [4.69, 9.17) is 23.2 Å². The lowest BCUT2D eigenvalue weighted by Crippen LogP contribution is -2.27. The highest BCUT2D eigenvalue weighted by Gasteiger charge is 2.17. The van der Waals surface area contributed by atoms with Gasteiger partial charge in [0.15, 0.2) is 5.78 Å². The quantitative estimate of drug-likeness (QED) is 0.647. The van der Waals surface area contributed by atoms with Gasteiger partial charge in [-0.1, -0.05) is 23.2 Å². The van der Waals surface area contributed by atoms with E-state index in [1.165, 1.54) is 31.3 Å². The highest BCUT2D eigenvalue weighted by molar-refractivity contribution is 6.35. The van der Waals surface area contributed by atoms with E-state index in [9.17, 15) is 14.0 Å². The fraction of sp³-hybridized carbons (Fsp3) is 0.200. The molecule has 2 N–H and O–H groups in total. The van der Waals surface area contributed by atoms with Crippen LogP contribution in [-0.4, -0.2) is 16.7 Å². The van der Waals surface area contributed by atoms with E-state index in [0.717, 1.165) is 0 Å². The topological polar surface area (TPSA) is 62.0 Å². The van der Waals surface area contributed by atoms with Gasteiger partial charge in [-0.15, -0.1) is 0 Å². The number of ketones is 1. The minimum atomic E-state index is -0.610. The Morgan fingerprint density at radius 1 is 1.23 bits per heavy atom. The lowest BCUT2D eigenvalue weighted by atomic mass is 10.1. The fourth-order valence-electron chi connectivity index (χ4n) is 1.95. The van der Waals surface area contributed by atoms with Crippen molar-refractivity contribution in [2.75, 3.05) is 0 Å². The predicted molar refractivity (Wildman–Crippen MR) is 83.1 cm³/mol. The molecule has 2 aromatic rings. The second kappa shape index (κ2) is 6.50. The Labute approximate surface area is 136 Å². The molecule has 7 heteroatoms. The molecule has 0 fully saturated rings. The average Bonchev–Trinajstić information content (AvgIpc) is 2.92. The van der Waals surface area contributed by atoms with Crippen LogP contribution in [0.15, 0.2) is 24.4 Å². The molecule has 0 aliphatic carbocycles. The lowest BCUT2D eigenvalue weighted by molar-refractivity contribution is 0.0935. The molecule has 1 aromatic carbocycles. The number of amides is 1. The molecule has 1 atom stereocenters. The van der Waals surface area contributed by atoms with Crippen LogP contribution in [0.4, 0.5) is 4.39 Å². The Bertz CT molecular complexity index is 743. The van der Waals surface area contributed by atoms with Crippen LogP contribution in [0.2, 0.25) is 10.0 Å². The summed E-state index contributed by atoms with van der Waals surface area (Å²) in [4.78, 5) is 26.0. The third-order valence-corrected chi connectivity index (χ3v) is 3.80. The molecule has 116 valence electrons. The van der Waals surface area contributed by atoms with Gasteiger partial charge >= 0.3 is 0 Å². The summed E-state index contributed by atoms with van der Waals surface area (Å²) in [7, 11) is 0. The molecule has 0 radical (unpaired) electrons. The van der Waals surface area contributed by atoms with Gasteiger partial charge in [-0.2, -0.15) is 0 Å². The summed E-state index contributed by atoms with van der Waals surface area (Å²) in [5.41, 5.74) is 1.06. The van der Waals surface area contributed by atoms with Gasteiger partial charge in [0.05, 0.1) is 11.1 Å². The number of H-pyrrole nitrogens is 1. The van der Waals surface area contributed by atoms with Crippen molar-refractivity contribution < 1.29 is 14.0 Å². The zero-order valence-electron chi connectivity index (χ0n) is 11.8. The summed E-state index contributed by atoms with van der Waals surface area (Å²) in [5, 5.41) is 2.86. The van der Waals surface area contributed by atoms with Crippen molar-refractivity contribution in [1.82, 2.24) is 10.3 Å². The van der Waals surface area contributed by atoms with Gasteiger partial charge in [-0.25, -0.2) is 4.39 Å². The molecule has 22 heavy (non-hydrogen) atoms.